The van der Waals surface area contributed by atoms with E-state index >= 15 is 0 Å². The highest BCUT2D eigenvalue weighted by atomic mass is 35.5. The summed E-state index contributed by atoms with van der Waals surface area (Å²) in [5.41, 5.74) is 4.19. The molecule has 0 aliphatic carbocycles. The highest BCUT2D eigenvalue weighted by molar-refractivity contribution is 6.30. The number of nitrogens with zero attached hydrogens (tertiary/aromatic N) is 3. The lowest BCUT2D eigenvalue weighted by Crippen LogP contribution is -2.39. The maximum atomic E-state index is 13.3. The normalized spacial score (nSPS) is 17.0. The Balaban J connectivity index is 1.39. The summed E-state index contributed by atoms with van der Waals surface area (Å²) in [4.78, 5) is 23.4. The lowest BCUT2D eigenvalue weighted by molar-refractivity contribution is 0.0706. The van der Waals surface area contributed by atoms with Gasteiger partial charge in [-0.3, -0.25) is 9.89 Å². The molecule has 0 radical (unpaired) electrons. The van der Waals surface area contributed by atoms with Crippen molar-refractivity contribution in [1.29, 1.82) is 0 Å². The molecule has 1 atom stereocenters. The number of likely N-dealkylation sites (tertiary alicyclic amines) is 1. The number of nitrogens with one attached hydrogen (secondary N) is 2. The Kier molecular flexibility index (Phi) is 4.56. The van der Waals surface area contributed by atoms with E-state index in [1.54, 1.807) is 6.20 Å². The van der Waals surface area contributed by atoms with Crippen LogP contribution in [-0.4, -0.2) is 44.1 Å². The zero-order valence-corrected chi connectivity index (χ0v) is 16.5. The predicted octanol–water partition coefficient (Wildman–Crippen LogP) is 4.63. The van der Waals surface area contributed by atoms with Crippen molar-refractivity contribution in [2.45, 2.75) is 18.8 Å². The van der Waals surface area contributed by atoms with E-state index in [2.05, 4.69) is 15.2 Å². The molecule has 1 aliphatic rings. The number of fused-ring (bicyclic) bond motifs is 1. The average molecular weight is 406 g/mol. The van der Waals surface area contributed by atoms with Gasteiger partial charge in [0.25, 0.3) is 5.91 Å². The summed E-state index contributed by atoms with van der Waals surface area (Å²) in [5.74, 6) is 1.14. The molecule has 3 heterocycles. The van der Waals surface area contributed by atoms with Gasteiger partial charge in [0.05, 0.1) is 28.5 Å². The van der Waals surface area contributed by atoms with Crippen LogP contribution < -0.4 is 0 Å². The fourth-order valence-corrected chi connectivity index (χ4v) is 4.13. The van der Waals surface area contributed by atoms with Gasteiger partial charge < -0.3 is 9.88 Å². The van der Waals surface area contributed by atoms with Crippen LogP contribution in [0.2, 0.25) is 5.02 Å². The molecule has 1 amide bonds. The molecule has 146 valence electrons. The smallest absolute Gasteiger partial charge is 0.257 e. The third kappa shape index (κ3) is 3.40. The second kappa shape index (κ2) is 7.37. The van der Waals surface area contributed by atoms with Gasteiger partial charge in [-0.1, -0.05) is 35.9 Å². The number of para-hydroxylation sites is 2. The average Bonchev–Trinajstić information content (AvgIpc) is 3.41. The number of H-pyrrole nitrogens is 2. The zero-order valence-electron chi connectivity index (χ0n) is 15.7. The Bertz CT molecular complexity index is 1130. The Hall–Kier alpha value is -3.12. The van der Waals surface area contributed by atoms with E-state index in [9.17, 15) is 4.79 Å². The number of hydrogen-bond acceptors (Lipinski definition) is 3. The van der Waals surface area contributed by atoms with Crippen molar-refractivity contribution in [2.75, 3.05) is 13.1 Å². The fourth-order valence-electron chi connectivity index (χ4n) is 4.01. The van der Waals surface area contributed by atoms with Crippen molar-refractivity contribution in [1.82, 2.24) is 25.1 Å². The van der Waals surface area contributed by atoms with Gasteiger partial charge in [-0.15, -0.1) is 0 Å². The van der Waals surface area contributed by atoms with Gasteiger partial charge in [-0.25, -0.2) is 4.98 Å². The number of hydrogen-bond donors (Lipinski definition) is 2. The molecule has 1 saturated heterocycles. The van der Waals surface area contributed by atoms with Gasteiger partial charge in [0.2, 0.25) is 0 Å². The number of imidazole rings is 1. The first-order valence-electron chi connectivity index (χ1n) is 9.72. The molecule has 1 aliphatic heterocycles. The Morgan fingerprint density at radius 1 is 1.14 bits per heavy atom. The van der Waals surface area contributed by atoms with E-state index in [-0.39, 0.29) is 11.8 Å². The van der Waals surface area contributed by atoms with Crippen LogP contribution in [0, 0.1) is 0 Å². The fraction of sp³-hybridized carbons (Fsp3) is 0.227. The summed E-state index contributed by atoms with van der Waals surface area (Å²) in [6.45, 7) is 1.38. The van der Waals surface area contributed by atoms with Gasteiger partial charge >= 0.3 is 0 Å². The first-order chi connectivity index (χ1) is 14.2. The molecule has 4 aromatic rings. The minimum absolute atomic E-state index is 0.00971. The summed E-state index contributed by atoms with van der Waals surface area (Å²) in [7, 11) is 0. The predicted molar refractivity (Wildman–Crippen MR) is 113 cm³/mol. The molecule has 1 unspecified atom stereocenters. The first kappa shape index (κ1) is 17.9. The monoisotopic (exact) mass is 405 g/mol. The third-order valence-electron chi connectivity index (χ3n) is 5.51. The van der Waals surface area contributed by atoms with Crippen LogP contribution in [0.15, 0.2) is 54.7 Å². The molecule has 0 bridgehead atoms. The van der Waals surface area contributed by atoms with E-state index in [0.29, 0.717) is 17.1 Å². The molecule has 2 N–H and O–H groups in total. The maximum Gasteiger partial charge on any atom is 0.257 e. The SMILES string of the molecule is O=C(c1cn[nH]c1-c1ccc(Cl)cc1)N1CCCC(c2nc3ccccc3[nH]2)C1. The summed E-state index contributed by atoms with van der Waals surface area (Å²) >= 11 is 5.99. The van der Waals surface area contributed by atoms with E-state index in [1.165, 1.54) is 0 Å². The van der Waals surface area contributed by atoms with Crippen molar-refractivity contribution in [3.05, 3.63) is 71.1 Å². The summed E-state index contributed by atoms with van der Waals surface area (Å²) < 4.78 is 0. The van der Waals surface area contributed by atoms with E-state index in [4.69, 9.17) is 16.6 Å². The number of benzene rings is 2. The number of aromatic amines is 2. The van der Waals surface area contributed by atoms with Crippen LogP contribution >= 0.6 is 11.6 Å². The van der Waals surface area contributed by atoms with Crippen molar-refractivity contribution >= 4 is 28.5 Å². The Morgan fingerprint density at radius 3 is 2.79 bits per heavy atom. The maximum absolute atomic E-state index is 13.3. The number of aromatic nitrogens is 4. The van der Waals surface area contributed by atoms with Gasteiger partial charge in [-0.2, -0.15) is 5.10 Å². The number of carbonyl (C=O) groups excluding carboxylic acids is 1. The van der Waals surface area contributed by atoms with Crippen molar-refractivity contribution in [3.8, 4) is 11.3 Å². The minimum Gasteiger partial charge on any atom is -0.342 e. The molecule has 0 saturated carbocycles. The van der Waals surface area contributed by atoms with Gasteiger partial charge in [-0.05, 0) is 37.1 Å². The Labute approximate surface area is 172 Å². The van der Waals surface area contributed by atoms with Crippen molar-refractivity contribution < 1.29 is 4.79 Å². The molecule has 7 heteroatoms. The second-order valence-electron chi connectivity index (χ2n) is 7.40. The molecular weight excluding hydrogens is 386 g/mol. The number of amides is 1. The van der Waals surface area contributed by atoms with Crippen LogP contribution in [0.5, 0.6) is 0 Å². The summed E-state index contributed by atoms with van der Waals surface area (Å²) in [6.07, 6.45) is 3.57. The summed E-state index contributed by atoms with van der Waals surface area (Å²) in [6, 6.07) is 15.4. The van der Waals surface area contributed by atoms with E-state index < -0.39 is 0 Å². The lowest BCUT2D eigenvalue weighted by Gasteiger charge is -2.31. The molecule has 2 aromatic heterocycles. The van der Waals surface area contributed by atoms with Crippen LogP contribution in [0.1, 0.15) is 34.9 Å². The number of halogens is 1. The van der Waals surface area contributed by atoms with Gasteiger partial charge in [0, 0.05) is 29.6 Å². The zero-order chi connectivity index (χ0) is 19.8. The second-order valence-corrected chi connectivity index (χ2v) is 7.83. The molecule has 5 rings (SSSR count). The number of piperidine rings is 1. The molecule has 6 nitrogen and oxygen atoms in total. The minimum atomic E-state index is -0.00971. The molecule has 29 heavy (non-hydrogen) atoms. The Morgan fingerprint density at radius 2 is 1.97 bits per heavy atom. The molecule has 1 fully saturated rings. The standard InChI is InChI=1S/C22H20ClN5O/c23-16-9-7-14(8-10-16)20-17(12-24-27-20)22(29)28-11-3-4-15(13-28)21-25-18-5-1-2-6-19(18)26-21/h1-2,5-10,12,15H,3-4,11,13H2,(H,24,27)(H,25,26). The quantitative estimate of drug-likeness (QED) is 0.521. The molecule has 0 spiro atoms. The van der Waals surface area contributed by atoms with Crippen molar-refractivity contribution in [2.24, 2.45) is 0 Å². The largest absolute Gasteiger partial charge is 0.342 e. The molecule has 2 aromatic carbocycles. The van der Waals surface area contributed by atoms with Crippen LogP contribution in [-0.2, 0) is 0 Å². The van der Waals surface area contributed by atoms with E-state index in [1.807, 2.05) is 53.4 Å². The van der Waals surface area contributed by atoms with Gasteiger partial charge in [0.15, 0.2) is 0 Å². The van der Waals surface area contributed by atoms with Crippen LogP contribution in [0.25, 0.3) is 22.3 Å². The van der Waals surface area contributed by atoms with Crippen LogP contribution in [0.4, 0.5) is 0 Å². The van der Waals surface area contributed by atoms with Crippen LogP contribution in [0.3, 0.4) is 0 Å². The van der Waals surface area contributed by atoms with E-state index in [0.717, 1.165) is 47.5 Å². The van der Waals surface area contributed by atoms with Crippen molar-refractivity contribution in [3.63, 3.8) is 0 Å². The number of carbonyl (C=O) groups is 1. The number of rotatable bonds is 3. The highest BCUT2D eigenvalue weighted by Crippen LogP contribution is 2.29. The third-order valence-corrected chi connectivity index (χ3v) is 5.76. The lowest BCUT2D eigenvalue weighted by atomic mass is 9.96. The summed E-state index contributed by atoms with van der Waals surface area (Å²) in [5, 5.41) is 7.74. The molecular formula is C22H20ClN5O. The highest BCUT2D eigenvalue weighted by Gasteiger charge is 2.29. The van der Waals surface area contributed by atoms with Gasteiger partial charge in [0.1, 0.15) is 5.82 Å². The topological polar surface area (TPSA) is 77.7 Å². The first-order valence-corrected chi connectivity index (χ1v) is 10.1.